The first-order chi connectivity index (χ1) is 9.59. The van der Waals surface area contributed by atoms with Crippen LogP contribution in [0.3, 0.4) is 0 Å². The van der Waals surface area contributed by atoms with Gasteiger partial charge in [-0.2, -0.15) is 0 Å². The van der Waals surface area contributed by atoms with Gasteiger partial charge in [0.2, 0.25) is 5.78 Å². The van der Waals surface area contributed by atoms with Gasteiger partial charge in [-0.15, -0.1) is 11.3 Å². The van der Waals surface area contributed by atoms with Crippen LogP contribution >= 0.6 is 11.3 Å². The van der Waals surface area contributed by atoms with Crippen molar-refractivity contribution in [1.82, 2.24) is 0 Å². The molecule has 1 atom stereocenters. The normalized spacial score (nSPS) is 10.9. The maximum absolute atomic E-state index is 12.0. The Morgan fingerprint density at radius 1 is 1.20 bits per heavy atom. The van der Waals surface area contributed by atoms with E-state index in [2.05, 4.69) is 6.57 Å². The maximum atomic E-state index is 12.0. The fourth-order valence-electron chi connectivity index (χ4n) is 1.62. The minimum Gasteiger partial charge on any atom is -0.481 e. The van der Waals surface area contributed by atoms with Gasteiger partial charge in [0.15, 0.2) is 0 Å². The highest BCUT2D eigenvalue weighted by Gasteiger charge is 2.15. The Balaban J connectivity index is 0.000000956. The molecule has 20 heavy (non-hydrogen) atoms. The molecule has 0 amide bonds. The molecule has 0 spiro atoms. The third-order valence-corrected chi connectivity index (χ3v) is 3.66. The Bertz CT molecular complexity index is 600. The van der Waals surface area contributed by atoms with Crippen LogP contribution in [0.15, 0.2) is 41.8 Å². The molecule has 5 heteroatoms. The van der Waals surface area contributed by atoms with Crippen molar-refractivity contribution >= 4 is 23.1 Å². The van der Waals surface area contributed by atoms with Gasteiger partial charge in [0.05, 0.1) is 10.8 Å². The summed E-state index contributed by atoms with van der Waals surface area (Å²) in [5.74, 6) is -1.46. The molecular weight excluding hydrogens is 274 g/mol. The molecule has 1 N–H and O–H groups in total. The van der Waals surface area contributed by atoms with Crippen LogP contribution in [0.1, 0.15) is 33.6 Å². The first-order valence-corrected chi connectivity index (χ1v) is 6.64. The number of aliphatic carboxylic acids is 1. The lowest BCUT2D eigenvalue weighted by atomic mass is 9.99. The van der Waals surface area contributed by atoms with E-state index in [0.717, 1.165) is 0 Å². The topological polar surface area (TPSA) is 78.2 Å². The quantitative estimate of drug-likeness (QED) is 0.875. The first-order valence-electron chi connectivity index (χ1n) is 5.76. The van der Waals surface area contributed by atoms with Crippen molar-refractivity contribution in [2.45, 2.75) is 12.8 Å². The highest BCUT2D eigenvalue weighted by molar-refractivity contribution is 7.12. The predicted octanol–water partition coefficient (Wildman–Crippen LogP) is 3.31. The summed E-state index contributed by atoms with van der Waals surface area (Å²) in [6.07, 6.45) is 0. The Morgan fingerprint density at radius 2 is 1.80 bits per heavy atom. The number of hydrogen-bond donors (Lipinski definition) is 1. The fraction of sp³-hybridized carbons (Fsp3) is 0.133. The molecule has 0 aliphatic heterocycles. The number of hydrogen-bond acceptors (Lipinski definition) is 4. The SMILES string of the molecule is C#N.CC(C(=O)O)c1ccc(C(=O)c2cccs2)cc1. The summed E-state index contributed by atoms with van der Waals surface area (Å²) in [5, 5.41) is 17.3. The van der Waals surface area contributed by atoms with Crippen molar-refractivity contribution in [3.63, 3.8) is 0 Å². The van der Waals surface area contributed by atoms with Crippen molar-refractivity contribution in [2.24, 2.45) is 0 Å². The number of nitriles is 1. The number of carboxylic acid groups (broad SMARTS) is 1. The van der Waals surface area contributed by atoms with Gasteiger partial charge in [0, 0.05) is 12.1 Å². The Labute approximate surface area is 120 Å². The lowest BCUT2D eigenvalue weighted by Crippen LogP contribution is -2.07. The molecule has 1 heterocycles. The molecule has 0 saturated heterocycles. The summed E-state index contributed by atoms with van der Waals surface area (Å²) in [6, 6.07) is 10.4. The average molecular weight is 287 g/mol. The molecule has 1 unspecified atom stereocenters. The van der Waals surface area contributed by atoms with E-state index >= 15 is 0 Å². The van der Waals surface area contributed by atoms with E-state index in [0.29, 0.717) is 16.0 Å². The smallest absolute Gasteiger partial charge is 0.310 e. The number of nitrogens with zero attached hydrogens (tertiary/aromatic N) is 1. The van der Waals surface area contributed by atoms with E-state index in [1.807, 2.05) is 11.4 Å². The molecule has 2 aromatic rings. The van der Waals surface area contributed by atoms with E-state index in [9.17, 15) is 9.59 Å². The highest BCUT2D eigenvalue weighted by Crippen LogP contribution is 2.19. The number of carboxylic acids is 1. The molecule has 2 rings (SSSR count). The van der Waals surface area contributed by atoms with Gasteiger partial charge in [0.1, 0.15) is 0 Å². The van der Waals surface area contributed by atoms with Crippen molar-refractivity contribution in [3.05, 3.63) is 57.8 Å². The molecular formula is C15H13NO3S. The minimum absolute atomic E-state index is 0.0282. The summed E-state index contributed by atoms with van der Waals surface area (Å²) in [4.78, 5) is 23.5. The van der Waals surface area contributed by atoms with Gasteiger partial charge < -0.3 is 5.11 Å². The van der Waals surface area contributed by atoms with Gasteiger partial charge in [-0.1, -0.05) is 30.3 Å². The molecule has 1 aromatic heterocycles. The number of rotatable bonds is 4. The van der Waals surface area contributed by atoms with Crippen LogP contribution in [-0.2, 0) is 4.79 Å². The third kappa shape index (κ3) is 3.53. The Morgan fingerprint density at radius 3 is 2.25 bits per heavy atom. The van der Waals surface area contributed by atoms with E-state index in [-0.39, 0.29) is 5.78 Å². The minimum atomic E-state index is -0.868. The molecule has 1 aromatic carbocycles. The van der Waals surface area contributed by atoms with E-state index in [1.165, 1.54) is 11.3 Å². The second-order valence-electron chi connectivity index (χ2n) is 3.99. The van der Waals surface area contributed by atoms with Gasteiger partial charge in [-0.3, -0.25) is 9.59 Å². The molecule has 102 valence electrons. The number of ketones is 1. The van der Waals surface area contributed by atoms with Crippen LogP contribution in [0.25, 0.3) is 0 Å². The van der Waals surface area contributed by atoms with Crippen LogP contribution < -0.4 is 0 Å². The first kappa shape index (κ1) is 15.6. The van der Waals surface area contributed by atoms with Crippen LogP contribution in [0, 0.1) is 11.8 Å². The van der Waals surface area contributed by atoms with Crippen molar-refractivity contribution in [2.75, 3.05) is 0 Å². The maximum Gasteiger partial charge on any atom is 0.310 e. The molecule has 0 aliphatic rings. The molecule has 0 radical (unpaired) electrons. The van der Waals surface area contributed by atoms with E-state index in [1.54, 1.807) is 37.3 Å². The number of carbonyl (C=O) groups is 2. The average Bonchev–Trinajstić information content (AvgIpc) is 3.02. The summed E-state index contributed by atoms with van der Waals surface area (Å²) in [7, 11) is 0. The van der Waals surface area contributed by atoms with Gasteiger partial charge in [-0.25, -0.2) is 5.26 Å². The van der Waals surface area contributed by atoms with E-state index in [4.69, 9.17) is 10.4 Å². The summed E-state index contributed by atoms with van der Waals surface area (Å²) in [5.41, 5.74) is 1.28. The number of thiophene rings is 1. The molecule has 0 aliphatic carbocycles. The standard InChI is InChI=1S/C14H12O3S.CHN/c1-9(14(16)17)10-4-6-11(7-5-10)13(15)12-3-2-8-18-12;1-2/h2-9H,1H3,(H,16,17);1H. The molecule has 0 fully saturated rings. The van der Waals surface area contributed by atoms with Crippen LogP contribution in [-0.4, -0.2) is 16.9 Å². The van der Waals surface area contributed by atoms with Crippen molar-refractivity contribution in [1.29, 1.82) is 5.26 Å². The predicted molar refractivity (Wildman–Crippen MR) is 76.9 cm³/mol. The monoisotopic (exact) mass is 287 g/mol. The zero-order valence-corrected chi connectivity index (χ0v) is 11.6. The lowest BCUT2D eigenvalue weighted by molar-refractivity contribution is -0.138. The zero-order valence-electron chi connectivity index (χ0n) is 10.8. The Kier molecular flexibility index (Phi) is 5.63. The number of carbonyl (C=O) groups excluding carboxylic acids is 1. The van der Waals surface area contributed by atoms with Crippen molar-refractivity contribution < 1.29 is 14.7 Å². The lowest BCUT2D eigenvalue weighted by Gasteiger charge is -2.06. The van der Waals surface area contributed by atoms with Crippen LogP contribution in [0.2, 0.25) is 0 Å². The zero-order chi connectivity index (χ0) is 15.1. The number of benzene rings is 1. The summed E-state index contributed by atoms with van der Waals surface area (Å²) in [6.45, 7) is 5.12. The third-order valence-electron chi connectivity index (χ3n) is 2.79. The molecule has 0 saturated carbocycles. The summed E-state index contributed by atoms with van der Waals surface area (Å²) < 4.78 is 0. The van der Waals surface area contributed by atoms with Crippen molar-refractivity contribution in [3.8, 4) is 6.57 Å². The van der Waals surface area contributed by atoms with Gasteiger partial charge in [-0.05, 0) is 23.9 Å². The second-order valence-corrected chi connectivity index (χ2v) is 4.94. The summed E-state index contributed by atoms with van der Waals surface area (Å²) >= 11 is 1.40. The van der Waals surface area contributed by atoms with Crippen LogP contribution in [0.4, 0.5) is 0 Å². The van der Waals surface area contributed by atoms with E-state index < -0.39 is 11.9 Å². The second kappa shape index (κ2) is 7.22. The fourth-order valence-corrected chi connectivity index (χ4v) is 2.30. The Hall–Kier alpha value is -2.45. The molecule has 4 nitrogen and oxygen atoms in total. The highest BCUT2D eigenvalue weighted by atomic mass is 32.1. The molecule has 0 bridgehead atoms. The van der Waals surface area contributed by atoms with Gasteiger partial charge >= 0.3 is 5.97 Å². The largest absolute Gasteiger partial charge is 0.481 e. The van der Waals surface area contributed by atoms with Crippen LogP contribution in [0.5, 0.6) is 0 Å². The van der Waals surface area contributed by atoms with Gasteiger partial charge in [0.25, 0.3) is 0 Å².